The van der Waals surface area contributed by atoms with Crippen molar-refractivity contribution in [3.8, 4) is 11.8 Å². The SMILES string of the molecule is COc1ccc(C2CC(=O)N3CN(C(C)c4ccccc4)CSC3=C2C#N)cc1. The first-order valence-electron chi connectivity index (χ1n) is 9.62. The van der Waals surface area contributed by atoms with Crippen molar-refractivity contribution in [1.29, 1.82) is 5.26 Å². The molecule has 4 rings (SSSR count). The molecule has 1 fully saturated rings. The smallest absolute Gasteiger partial charge is 0.229 e. The lowest BCUT2D eigenvalue weighted by Gasteiger charge is -2.43. The van der Waals surface area contributed by atoms with Gasteiger partial charge in [0.25, 0.3) is 0 Å². The Morgan fingerprint density at radius 3 is 2.55 bits per heavy atom. The van der Waals surface area contributed by atoms with Crippen LogP contribution in [0.15, 0.2) is 65.2 Å². The van der Waals surface area contributed by atoms with Crippen LogP contribution in [0.3, 0.4) is 0 Å². The predicted octanol–water partition coefficient (Wildman–Crippen LogP) is 4.47. The van der Waals surface area contributed by atoms with Crippen LogP contribution in [0.4, 0.5) is 0 Å². The lowest BCUT2D eigenvalue weighted by atomic mass is 9.86. The largest absolute Gasteiger partial charge is 0.497 e. The first-order valence-corrected chi connectivity index (χ1v) is 10.6. The van der Waals surface area contributed by atoms with E-state index in [9.17, 15) is 10.1 Å². The van der Waals surface area contributed by atoms with Crippen molar-refractivity contribution in [2.75, 3.05) is 19.7 Å². The van der Waals surface area contributed by atoms with Crippen molar-refractivity contribution in [2.45, 2.75) is 25.3 Å². The second kappa shape index (κ2) is 8.32. The van der Waals surface area contributed by atoms with E-state index in [0.717, 1.165) is 22.2 Å². The molecule has 29 heavy (non-hydrogen) atoms. The summed E-state index contributed by atoms with van der Waals surface area (Å²) in [6.07, 6.45) is 0.312. The van der Waals surface area contributed by atoms with Gasteiger partial charge in [0.15, 0.2) is 0 Å². The summed E-state index contributed by atoms with van der Waals surface area (Å²) < 4.78 is 5.23. The summed E-state index contributed by atoms with van der Waals surface area (Å²) in [6.45, 7) is 2.67. The van der Waals surface area contributed by atoms with Gasteiger partial charge in [-0.25, -0.2) is 0 Å². The Labute approximate surface area is 175 Å². The van der Waals surface area contributed by atoms with Crippen LogP contribution in [0.2, 0.25) is 0 Å². The number of benzene rings is 2. The highest BCUT2D eigenvalue weighted by molar-refractivity contribution is 8.03. The molecular formula is C23H23N3O2S. The number of allylic oxidation sites excluding steroid dienone is 1. The van der Waals surface area contributed by atoms with Gasteiger partial charge in [-0.1, -0.05) is 54.2 Å². The number of hydrogen-bond acceptors (Lipinski definition) is 5. The molecule has 1 amide bonds. The normalized spacial score (nSPS) is 20.8. The van der Waals surface area contributed by atoms with Crippen LogP contribution in [0.1, 0.15) is 36.4 Å². The van der Waals surface area contributed by atoms with Crippen molar-refractivity contribution in [1.82, 2.24) is 9.80 Å². The topological polar surface area (TPSA) is 56.6 Å². The molecule has 0 aliphatic carbocycles. The molecule has 2 aromatic carbocycles. The van der Waals surface area contributed by atoms with Gasteiger partial charge in [0.1, 0.15) is 5.75 Å². The Bertz CT molecular complexity index is 966. The molecule has 2 aliphatic heterocycles. The van der Waals surface area contributed by atoms with Gasteiger partial charge in [0.2, 0.25) is 5.91 Å². The Morgan fingerprint density at radius 2 is 1.90 bits per heavy atom. The lowest BCUT2D eigenvalue weighted by Crippen LogP contribution is -2.47. The zero-order valence-electron chi connectivity index (χ0n) is 16.5. The number of thioether (sulfide) groups is 1. The number of carbonyl (C=O) groups excluding carboxylic acids is 1. The molecule has 0 spiro atoms. The standard InChI is InChI=1S/C23H23N3O2S/c1-16(17-6-4-3-5-7-17)25-14-26-22(27)12-20(21(13-24)23(26)29-15-25)18-8-10-19(28-2)11-9-18/h3-11,16,20H,12,14-15H2,1-2H3. The number of nitriles is 1. The molecule has 0 saturated carbocycles. The molecule has 148 valence electrons. The first-order chi connectivity index (χ1) is 14.1. The Morgan fingerprint density at radius 1 is 1.17 bits per heavy atom. The van der Waals surface area contributed by atoms with Gasteiger partial charge in [0, 0.05) is 18.4 Å². The number of rotatable bonds is 4. The number of methoxy groups -OCH3 is 1. The number of hydrogen-bond donors (Lipinski definition) is 0. The van der Waals surface area contributed by atoms with Crippen molar-refractivity contribution < 1.29 is 9.53 Å². The minimum absolute atomic E-state index is 0.0669. The number of amides is 1. The van der Waals surface area contributed by atoms with Crippen LogP contribution in [-0.2, 0) is 4.79 Å². The third kappa shape index (κ3) is 3.76. The van der Waals surface area contributed by atoms with Crippen LogP contribution >= 0.6 is 11.8 Å². The van der Waals surface area contributed by atoms with E-state index in [1.165, 1.54) is 5.56 Å². The molecule has 1 saturated heterocycles. The Hall–Kier alpha value is -2.75. The fourth-order valence-corrected chi connectivity index (χ4v) is 5.14. The van der Waals surface area contributed by atoms with Crippen molar-refractivity contribution in [3.05, 3.63) is 76.3 Å². The molecule has 5 nitrogen and oxygen atoms in total. The second-order valence-electron chi connectivity index (χ2n) is 7.27. The van der Waals surface area contributed by atoms with Crippen LogP contribution in [0.5, 0.6) is 5.75 Å². The average Bonchev–Trinajstić information content (AvgIpc) is 2.79. The quantitative estimate of drug-likeness (QED) is 0.751. The average molecular weight is 406 g/mol. The number of carbonyl (C=O) groups is 1. The molecule has 6 heteroatoms. The molecule has 0 N–H and O–H groups in total. The third-order valence-electron chi connectivity index (χ3n) is 5.66. The van der Waals surface area contributed by atoms with Gasteiger partial charge < -0.3 is 4.74 Å². The summed E-state index contributed by atoms with van der Waals surface area (Å²) in [4.78, 5) is 17.1. The van der Waals surface area contributed by atoms with E-state index in [1.54, 1.807) is 23.8 Å². The zero-order chi connectivity index (χ0) is 20.4. The highest BCUT2D eigenvalue weighted by Crippen LogP contribution is 2.43. The summed E-state index contributed by atoms with van der Waals surface area (Å²) in [5.74, 6) is 1.38. The highest BCUT2D eigenvalue weighted by Gasteiger charge is 2.39. The van der Waals surface area contributed by atoms with Gasteiger partial charge in [-0.15, -0.1) is 0 Å². The highest BCUT2D eigenvalue weighted by atomic mass is 32.2. The number of nitrogens with zero attached hydrogens (tertiary/aromatic N) is 3. The minimum Gasteiger partial charge on any atom is -0.497 e. The maximum atomic E-state index is 13.0. The summed E-state index contributed by atoms with van der Waals surface area (Å²) in [6, 6.07) is 20.5. The molecule has 0 bridgehead atoms. The molecule has 2 aliphatic rings. The molecule has 2 unspecified atom stereocenters. The Kier molecular flexibility index (Phi) is 5.61. The van der Waals surface area contributed by atoms with E-state index in [1.807, 2.05) is 42.5 Å². The van der Waals surface area contributed by atoms with Crippen LogP contribution < -0.4 is 4.74 Å². The number of fused-ring (bicyclic) bond motifs is 1. The van der Waals surface area contributed by atoms with E-state index in [0.29, 0.717) is 18.7 Å². The molecule has 2 heterocycles. The molecule has 0 aromatic heterocycles. The van der Waals surface area contributed by atoms with E-state index in [4.69, 9.17) is 4.74 Å². The van der Waals surface area contributed by atoms with Crippen LogP contribution in [0.25, 0.3) is 0 Å². The zero-order valence-corrected chi connectivity index (χ0v) is 17.4. The fraction of sp³-hybridized carbons (Fsp3) is 0.304. The van der Waals surface area contributed by atoms with Gasteiger partial charge >= 0.3 is 0 Å². The maximum Gasteiger partial charge on any atom is 0.229 e. The third-order valence-corrected chi connectivity index (χ3v) is 6.84. The van der Waals surface area contributed by atoms with Crippen molar-refractivity contribution in [3.63, 3.8) is 0 Å². The fourth-order valence-electron chi connectivity index (χ4n) is 3.88. The predicted molar refractivity (Wildman–Crippen MR) is 114 cm³/mol. The summed E-state index contributed by atoms with van der Waals surface area (Å²) in [7, 11) is 1.63. The molecule has 2 atom stereocenters. The van der Waals surface area contributed by atoms with E-state index in [2.05, 4.69) is 30.0 Å². The van der Waals surface area contributed by atoms with E-state index < -0.39 is 0 Å². The van der Waals surface area contributed by atoms with Gasteiger partial charge in [-0.2, -0.15) is 5.26 Å². The monoisotopic (exact) mass is 405 g/mol. The van der Waals surface area contributed by atoms with E-state index >= 15 is 0 Å². The Balaban J connectivity index is 1.60. The van der Waals surface area contributed by atoms with Gasteiger partial charge in [0.05, 0.1) is 36.3 Å². The summed E-state index contributed by atoms with van der Waals surface area (Å²) in [5.41, 5.74) is 2.89. The first kappa shape index (κ1) is 19.6. The maximum absolute atomic E-state index is 13.0. The van der Waals surface area contributed by atoms with Crippen LogP contribution in [0, 0.1) is 11.3 Å². The van der Waals surface area contributed by atoms with E-state index in [-0.39, 0.29) is 17.9 Å². The van der Waals surface area contributed by atoms with Gasteiger partial charge in [-0.05, 0) is 30.2 Å². The molecular weight excluding hydrogens is 382 g/mol. The minimum atomic E-state index is -0.199. The lowest BCUT2D eigenvalue weighted by molar-refractivity contribution is -0.132. The number of ether oxygens (including phenoxy) is 1. The molecule has 2 aromatic rings. The second-order valence-corrected chi connectivity index (χ2v) is 8.21. The summed E-state index contributed by atoms with van der Waals surface area (Å²) >= 11 is 1.58. The van der Waals surface area contributed by atoms with Crippen molar-refractivity contribution in [2.24, 2.45) is 0 Å². The van der Waals surface area contributed by atoms with Crippen molar-refractivity contribution >= 4 is 17.7 Å². The van der Waals surface area contributed by atoms with Crippen LogP contribution in [-0.4, -0.2) is 35.4 Å². The summed E-state index contributed by atoms with van der Waals surface area (Å²) in [5, 5.41) is 10.7. The van der Waals surface area contributed by atoms with Gasteiger partial charge in [-0.3, -0.25) is 14.6 Å². The molecule has 0 radical (unpaired) electrons.